The van der Waals surface area contributed by atoms with Gasteiger partial charge >= 0.3 is 0 Å². The Bertz CT molecular complexity index is 1700. The summed E-state index contributed by atoms with van der Waals surface area (Å²) in [6.45, 7) is 9.94. The minimum atomic E-state index is -0.408. The molecule has 0 bridgehead atoms. The SMILES string of the molecule is CCC(=O)Nc1ccc(/C=C/C(=O)NCC(=O)N(C)c2ccc(C)c(COc3cccc4c(C)cc(C)nc34)c2C)cn1. The molecular weight excluding hydrogens is 542 g/mol. The number of anilines is 2. The molecule has 2 heterocycles. The lowest BCUT2D eigenvalue weighted by Gasteiger charge is -2.23. The molecule has 0 fully saturated rings. The first-order chi connectivity index (χ1) is 20.6. The van der Waals surface area contributed by atoms with Gasteiger partial charge in [0.2, 0.25) is 17.7 Å². The highest BCUT2D eigenvalue weighted by molar-refractivity contribution is 5.99. The molecule has 9 nitrogen and oxygen atoms in total. The van der Waals surface area contributed by atoms with Crippen molar-refractivity contribution < 1.29 is 19.1 Å². The largest absolute Gasteiger partial charge is 0.487 e. The van der Waals surface area contributed by atoms with Gasteiger partial charge in [-0.2, -0.15) is 0 Å². The summed E-state index contributed by atoms with van der Waals surface area (Å²) in [6.07, 6.45) is 4.84. The van der Waals surface area contributed by atoms with Crippen molar-refractivity contribution >= 4 is 46.2 Å². The van der Waals surface area contributed by atoms with Crippen LogP contribution in [0.3, 0.4) is 0 Å². The predicted octanol–water partition coefficient (Wildman–Crippen LogP) is 5.58. The second kappa shape index (κ2) is 13.7. The summed E-state index contributed by atoms with van der Waals surface area (Å²) in [5.74, 6) is 0.359. The first-order valence-electron chi connectivity index (χ1n) is 14.1. The van der Waals surface area contributed by atoms with E-state index in [1.807, 2.05) is 51.1 Å². The Morgan fingerprint density at radius 2 is 1.79 bits per heavy atom. The smallest absolute Gasteiger partial charge is 0.246 e. The lowest BCUT2D eigenvalue weighted by atomic mass is 10.0. The van der Waals surface area contributed by atoms with Gasteiger partial charge in [-0.3, -0.25) is 14.4 Å². The zero-order valence-corrected chi connectivity index (χ0v) is 25.4. The van der Waals surface area contributed by atoms with Crippen molar-refractivity contribution in [3.63, 3.8) is 0 Å². The summed E-state index contributed by atoms with van der Waals surface area (Å²) in [7, 11) is 1.69. The number of aromatic nitrogens is 2. The minimum Gasteiger partial charge on any atom is -0.487 e. The molecule has 43 heavy (non-hydrogen) atoms. The van der Waals surface area contributed by atoms with E-state index in [-0.39, 0.29) is 18.4 Å². The number of hydrogen-bond acceptors (Lipinski definition) is 6. The highest BCUT2D eigenvalue weighted by atomic mass is 16.5. The highest BCUT2D eigenvalue weighted by Crippen LogP contribution is 2.30. The third-order valence-electron chi connectivity index (χ3n) is 7.26. The standard InChI is InChI=1S/C34H37N5O4/c1-7-31(40)38-30-15-12-25(18-35-30)13-16-32(41)36-19-33(42)39(6)28-14-11-21(2)27(24(28)5)20-43-29-10-8-9-26-22(3)17-23(4)37-34(26)29/h8-18H,7,19-20H2,1-6H3,(H,36,41)(H,35,38,40)/b16-13+. The van der Waals surface area contributed by atoms with Gasteiger partial charge in [-0.25, -0.2) is 9.97 Å². The number of pyridine rings is 2. The molecule has 4 rings (SSSR count). The number of fused-ring (bicyclic) bond motifs is 1. The maximum absolute atomic E-state index is 13.0. The number of hydrogen-bond donors (Lipinski definition) is 2. The summed E-state index contributed by atoms with van der Waals surface area (Å²) in [4.78, 5) is 47.3. The molecule has 0 unspecified atom stereocenters. The maximum atomic E-state index is 13.0. The Hall–Kier alpha value is -5.05. The summed E-state index contributed by atoms with van der Waals surface area (Å²) >= 11 is 0. The molecule has 3 amide bonds. The van der Waals surface area contributed by atoms with Crippen LogP contribution in [0.15, 0.2) is 60.8 Å². The number of carbonyl (C=O) groups is 3. The van der Waals surface area contributed by atoms with E-state index in [2.05, 4.69) is 28.6 Å². The lowest BCUT2D eigenvalue weighted by Crippen LogP contribution is -2.38. The van der Waals surface area contributed by atoms with Crippen LogP contribution >= 0.6 is 0 Å². The molecule has 0 spiro atoms. The van der Waals surface area contributed by atoms with Gasteiger partial charge in [0.1, 0.15) is 23.7 Å². The summed E-state index contributed by atoms with van der Waals surface area (Å²) in [5, 5.41) is 6.37. The highest BCUT2D eigenvalue weighted by Gasteiger charge is 2.17. The van der Waals surface area contributed by atoms with Gasteiger partial charge in [0.25, 0.3) is 0 Å². The monoisotopic (exact) mass is 579 g/mol. The summed E-state index contributed by atoms with van der Waals surface area (Å²) in [5.41, 5.74) is 7.30. The van der Waals surface area contributed by atoms with Crippen molar-refractivity contribution in [2.75, 3.05) is 23.8 Å². The number of rotatable bonds is 10. The van der Waals surface area contributed by atoms with Crippen LogP contribution in [-0.2, 0) is 21.0 Å². The zero-order chi connectivity index (χ0) is 31.1. The zero-order valence-electron chi connectivity index (χ0n) is 25.4. The van der Waals surface area contributed by atoms with Crippen molar-refractivity contribution in [1.82, 2.24) is 15.3 Å². The molecule has 0 radical (unpaired) electrons. The topological polar surface area (TPSA) is 114 Å². The molecule has 222 valence electrons. The Morgan fingerprint density at radius 1 is 1.00 bits per heavy atom. The van der Waals surface area contributed by atoms with Gasteiger partial charge in [0, 0.05) is 42.5 Å². The van der Waals surface area contributed by atoms with E-state index in [1.54, 1.807) is 43.3 Å². The van der Waals surface area contributed by atoms with Crippen molar-refractivity contribution in [3.8, 4) is 5.75 Å². The number of nitrogens with one attached hydrogen (secondary N) is 2. The third kappa shape index (κ3) is 7.62. The van der Waals surface area contributed by atoms with E-state index in [1.165, 1.54) is 6.08 Å². The third-order valence-corrected chi connectivity index (χ3v) is 7.26. The molecule has 2 aromatic carbocycles. The summed E-state index contributed by atoms with van der Waals surface area (Å²) in [6, 6.07) is 15.3. The molecule has 0 aliphatic rings. The van der Waals surface area contributed by atoms with Crippen LogP contribution in [0, 0.1) is 27.7 Å². The van der Waals surface area contributed by atoms with Gasteiger partial charge in [0.05, 0.1) is 6.54 Å². The van der Waals surface area contributed by atoms with Crippen LogP contribution in [0.5, 0.6) is 5.75 Å². The average Bonchev–Trinajstić information content (AvgIpc) is 2.99. The van der Waals surface area contributed by atoms with Crippen molar-refractivity contribution in [1.29, 1.82) is 0 Å². The van der Waals surface area contributed by atoms with Crippen LogP contribution in [0.2, 0.25) is 0 Å². The van der Waals surface area contributed by atoms with Gasteiger partial charge in [-0.1, -0.05) is 25.1 Å². The number of para-hydroxylation sites is 1. The van der Waals surface area contributed by atoms with Gasteiger partial charge in [-0.15, -0.1) is 0 Å². The maximum Gasteiger partial charge on any atom is 0.246 e. The Labute approximate surface area is 252 Å². The molecular formula is C34H37N5O4. The van der Waals surface area contributed by atoms with E-state index in [0.717, 1.165) is 44.5 Å². The number of amides is 3. The fourth-order valence-electron chi connectivity index (χ4n) is 4.74. The fraction of sp³-hybridized carbons (Fsp3) is 0.265. The van der Waals surface area contributed by atoms with E-state index < -0.39 is 5.91 Å². The van der Waals surface area contributed by atoms with Gasteiger partial charge < -0.3 is 20.3 Å². The van der Waals surface area contributed by atoms with E-state index >= 15 is 0 Å². The van der Waals surface area contributed by atoms with Crippen molar-refractivity contribution in [2.45, 2.75) is 47.6 Å². The normalized spacial score (nSPS) is 11.0. The van der Waals surface area contributed by atoms with Crippen molar-refractivity contribution in [3.05, 3.63) is 94.3 Å². The number of carbonyl (C=O) groups excluding carboxylic acids is 3. The number of likely N-dealkylation sites (N-methyl/N-ethyl adjacent to an activating group) is 1. The van der Waals surface area contributed by atoms with Crippen LogP contribution in [0.4, 0.5) is 11.5 Å². The lowest BCUT2D eigenvalue weighted by molar-refractivity contribution is -0.122. The molecule has 9 heteroatoms. The Kier molecular flexibility index (Phi) is 9.87. The van der Waals surface area contributed by atoms with E-state index in [9.17, 15) is 14.4 Å². The Balaban J connectivity index is 1.38. The number of ether oxygens (including phenoxy) is 1. The second-order valence-corrected chi connectivity index (χ2v) is 10.4. The van der Waals surface area contributed by atoms with Crippen LogP contribution < -0.4 is 20.3 Å². The molecule has 0 saturated heterocycles. The quantitative estimate of drug-likeness (QED) is 0.237. The van der Waals surface area contributed by atoms with Crippen LogP contribution in [0.1, 0.15) is 46.9 Å². The predicted molar refractivity (Wildman–Crippen MR) is 170 cm³/mol. The van der Waals surface area contributed by atoms with Crippen molar-refractivity contribution in [2.24, 2.45) is 0 Å². The average molecular weight is 580 g/mol. The summed E-state index contributed by atoms with van der Waals surface area (Å²) < 4.78 is 6.29. The number of nitrogens with zero attached hydrogens (tertiary/aromatic N) is 3. The van der Waals surface area contributed by atoms with Gasteiger partial charge in [-0.05, 0) is 91.9 Å². The fourth-order valence-corrected chi connectivity index (χ4v) is 4.74. The minimum absolute atomic E-state index is 0.126. The molecule has 0 saturated carbocycles. The first-order valence-corrected chi connectivity index (χ1v) is 14.1. The number of benzene rings is 2. The molecule has 0 aliphatic heterocycles. The van der Waals surface area contributed by atoms with Crippen LogP contribution in [0.25, 0.3) is 17.0 Å². The molecule has 2 N–H and O–H groups in total. The Morgan fingerprint density at radius 3 is 2.51 bits per heavy atom. The second-order valence-electron chi connectivity index (χ2n) is 10.4. The molecule has 0 atom stereocenters. The molecule has 2 aromatic heterocycles. The first kappa shape index (κ1) is 30.9. The van der Waals surface area contributed by atoms with Gasteiger partial charge in [0.15, 0.2) is 0 Å². The molecule has 4 aromatic rings. The number of aryl methyl sites for hydroxylation is 3. The van der Waals surface area contributed by atoms with E-state index in [4.69, 9.17) is 9.72 Å². The van der Waals surface area contributed by atoms with E-state index in [0.29, 0.717) is 30.2 Å². The molecule has 0 aliphatic carbocycles. The van der Waals surface area contributed by atoms with Crippen LogP contribution in [-0.4, -0.2) is 41.3 Å².